The van der Waals surface area contributed by atoms with Crippen molar-refractivity contribution in [2.24, 2.45) is 0 Å². The molecule has 0 spiro atoms. The van der Waals surface area contributed by atoms with E-state index in [1.54, 1.807) is 11.3 Å². The number of para-hydroxylation sites is 1. The van der Waals surface area contributed by atoms with Crippen LogP contribution in [0.1, 0.15) is 10.8 Å². The van der Waals surface area contributed by atoms with E-state index in [-0.39, 0.29) is 0 Å². The van der Waals surface area contributed by atoms with Crippen LogP contribution in [0.15, 0.2) is 29.8 Å². The second-order valence-corrected chi connectivity index (χ2v) is 6.17. The van der Waals surface area contributed by atoms with Gasteiger partial charge in [-0.3, -0.25) is 0 Å². The first-order valence-electron chi connectivity index (χ1n) is 6.37. The number of nitrogens with zero attached hydrogens (tertiary/aromatic N) is 3. The Morgan fingerprint density at radius 1 is 1.25 bits per heavy atom. The Morgan fingerprint density at radius 3 is 2.90 bits per heavy atom. The van der Waals surface area contributed by atoms with Crippen LogP contribution < -0.4 is 0 Å². The van der Waals surface area contributed by atoms with E-state index in [2.05, 4.69) is 14.5 Å². The molecule has 0 unspecified atom stereocenters. The Morgan fingerprint density at radius 2 is 2.15 bits per heavy atom. The highest BCUT2D eigenvalue weighted by molar-refractivity contribution is 7.09. The first kappa shape index (κ1) is 13.9. The Bertz CT molecular complexity index is 707. The van der Waals surface area contributed by atoms with Crippen LogP contribution in [0.5, 0.6) is 0 Å². The predicted molar refractivity (Wildman–Crippen MR) is 85.0 cm³/mol. The number of thiazole rings is 1. The van der Waals surface area contributed by atoms with Crippen LogP contribution in [0.25, 0.3) is 11.0 Å². The monoisotopic (exact) mass is 325 g/mol. The zero-order chi connectivity index (χ0) is 13.9. The van der Waals surface area contributed by atoms with E-state index in [9.17, 15) is 0 Å². The van der Waals surface area contributed by atoms with Gasteiger partial charge < -0.3 is 4.57 Å². The molecule has 104 valence electrons. The van der Waals surface area contributed by atoms with Gasteiger partial charge >= 0.3 is 0 Å². The summed E-state index contributed by atoms with van der Waals surface area (Å²) in [5.41, 5.74) is 1.92. The van der Waals surface area contributed by atoms with Crippen molar-refractivity contribution in [3.05, 3.63) is 45.6 Å². The first-order valence-corrected chi connectivity index (χ1v) is 8.17. The summed E-state index contributed by atoms with van der Waals surface area (Å²) in [5, 5.41) is 3.85. The van der Waals surface area contributed by atoms with E-state index in [0.717, 1.165) is 46.3 Å². The quantitative estimate of drug-likeness (QED) is 0.659. The Balaban J connectivity index is 1.99. The molecule has 0 amide bonds. The van der Waals surface area contributed by atoms with Crippen molar-refractivity contribution in [3.8, 4) is 0 Å². The van der Waals surface area contributed by atoms with Gasteiger partial charge in [0, 0.05) is 36.8 Å². The SMILES string of the molecule is ClCCc1nc2cccc(Cl)c2n1CCc1nccs1. The standard InChI is InChI=1S/C14H13Cl2N3S/c15-6-4-12-18-11-3-1-2-10(16)14(11)19(12)8-5-13-17-7-9-20-13/h1-3,7,9H,4-6,8H2. The van der Waals surface area contributed by atoms with Crippen LogP contribution in [0.3, 0.4) is 0 Å². The summed E-state index contributed by atoms with van der Waals surface area (Å²) >= 11 is 13.9. The molecule has 0 aliphatic heterocycles. The summed E-state index contributed by atoms with van der Waals surface area (Å²) in [6.45, 7) is 0.819. The Labute approximate surface area is 131 Å². The summed E-state index contributed by atoms with van der Waals surface area (Å²) in [5.74, 6) is 1.54. The van der Waals surface area contributed by atoms with Crippen molar-refractivity contribution < 1.29 is 0 Å². The predicted octanol–water partition coefficient (Wildman–Crippen LogP) is 4.17. The molecule has 0 bridgehead atoms. The average Bonchev–Trinajstić information content (AvgIpc) is 3.05. The lowest BCUT2D eigenvalue weighted by Gasteiger charge is -2.08. The second kappa shape index (κ2) is 6.12. The lowest BCUT2D eigenvalue weighted by atomic mass is 10.3. The van der Waals surface area contributed by atoms with E-state index in [1.165, 1.54) is 0 Å². The molecule has 0 radical (unpaired) electrons. The minimum Gasteiger partial charge on any atom is -0.326 e. The van der Waals surface area contributed by atoms with Gasteiger partial charge in [0.15, 0.2) is 0 Å². The third kappa shape index (κ3) is 2.68. The molecule has 3 nitrogen and oxygen atoms in total. The van der Waals surface area contributed by atoms with E-state index in [1.807, 2.05) is 29.8 Å². The zero-order valence-electron chi connectivity index (χ0n) is 10.7. The fourth-order valence-corrected chi connectivity index (χ4v) is 3.34. The fourth-order valence-electron chi connectivity index (χ4n) is 2.29. The molecular formula is C14H13Cl2N3S. The molecule has 2 aromatic heterocycles. The van der Waals surface area contributed by atoms with Crippen LogP contribution in [0.4, 0.5) is 0 Å². The third-order valence-electron chi connectivity index (χ3n) is 3.15. The molecule has 0 atom stereocenters. The summed E-state index contributed by atoms with van der Waals surface area (Å²) in [6, 6.07) is 5.81. The number of halogens is 2. The minimum atomic E-state index is 0.554. The highest BCUT2D eigenvalue weighted by Crippen LogP contribution is 2.25. The number of imidazole rings is 1. The van der Waals surface area contributed by atoms with Gasteiger partial charge in [-0.25, -0.2) is 9.97 Å². The maximum absolute atomic E-state index is 6.33. The normalized spacial score (nSPS) is 11.3. The van der Waals surface area contributed by atoms with E-state index in [4.69, 9.17) is 23.2 Å². The summed E-state index contributed by atoms with van der Waals surface area (Å²) < 4.78 is 2.17. The maximum atomic E-state index is 6.33. The van der Waals surface area contributed by atoms with Gasteiger partial charge in [-0.05, 0) is 12.1 Å². The second-order valence-electron chi connectivity index (χ2n) is 4.40. The fraction of sp³-hybridized carbons (Fsp3) is 0.286. The lowest BCUT2D eigenvalue weighted by Crippen LogP contribution is -2.07. The highest BCUT2D eigenvalue weighted by atomic mass is 35.5. The number of alkyl halides is 1. The number of benzene rings is 1. The van der Waals surface area contributed by atoms with Crippen LogP contribution >= 0.6 is 34.5 Å². The van der Waals surface area contributed by atoms with Crippen molar-refractivity contribution in [1.82, 2.24) is 14.5 Å². The Kier molecular flexibility index (Phi) is 4.24. The number of hydrogen-bond acceptors (Lipinski definition) is 3. The molecule has 3 rings (SSSR count). The zero-order valence-corrected chi connectivity index (χ0v) is 13.0. The lowest BCUT2D eigenvalue weighted by molar-refractivity contribution is 0.673. The Hall–Kier alpha value is -1.10. The molecule has 0 aliphatic rings. The number of rotatable bonds is 5. The van der Waals surface area contributed by atoms with Gasteiger partial charge in [0.25, 0.3) is 0 Å². The molecule has 0 fully saturated rings. The molecular weight excluding hydrogens is 313 g/mol. The molecule has 0 saturated carbocycles. The molecule has 6 heteroatoms. The molecule has 0 N–H and O–H groups in total. The number of aromatic nitrogens is 3. The number of fused-ring (bicyclic) bond motifs is 1. The van der Waals surface area contributed by atoms with Gasteiger partial charge in [0.1, 0.15) is 5.82 Å². The first-order chi connectivity index (χ1) is 9.79. The van der Waals surface area contributed by atoms with Crippen molar-refractivity contribution >= 4 is 45.6 Å². The highest BCUT2D eigenvalue weighted by Gasteiger charge is 2.13. The number of aryl methyl sites for hydroxylation is 3. The van der Waals surface area contributed by atoms with Gasteiger partial charge in [-0.15, -0.1) is 22.9 Å². The summed E-state index contributed by atoms with van der Waals surface area (Å²) in [6.07, 6.45) is 3.45. The molecule has 2 heterocycles. The molecule has 20 heavy (non-hydrogen) atoms. The van der Waals surface area contributed by atoms with Crippen molar-refractivity contribution in [2.75, 3.05) is 5.88 Å². The smallest absolute Gasteiger partial charge is 0.111 e. The van der Waals surface area contributed by atoms with Gasteiger partial charge in [0.2, 0.25) is 0 Å². The average molecular weight is 326 g/mol. The van der Waals surface area contributed by atoms with Crippen LogP contribution in [0, 0.1) is 0 Å². The third-order valence-corrected chi connectivity index (χ3v) is 4.48. The summed E-state index contributed by atoms with van der Waals surface area (Å²) in [7, 11) is 0. The molecule has 3 aromatic rings. The largest absolute Gasteiger partial charge is 0.326 e. The van der Waals surface area contributed by atoms with Crippen molar-refractivity contribution in [2.45, 2.75) is 19.4 Å². The van der Waals surface area contributed by atoms with Crippen molar-refractivity contribution in [3.63, 3.8) is 0 Å². The van der Waals surface area contributed by atoms with E-state index < -0.39 is 0 Å². The summed E-state index contributed by atoms with van der Waals surface area (Å²) in [4.78, 5) is 8.96. The van der Waals surface area contributed by atoms with E-state index in [0.29, 0.717) is 5.88 Å². The molecule has 0 aliphatic carbocycles. The van der Waals surface area contributed by atoms with Crippen molar-refractivity contribution in [1.29, 1.82) is 0 Å². The van der Waals surface area contributed by atoms with E-state index >= 15 is 0 Å². The topological polar surface area (TPSA) is 30.7 Å². The van der Waals surface area contributed by atoms with Crippen LogP contribution in [-0.4, -0.2) is 20.4 Å². The van der Waals surface area contributed by atoms with Crippen LogP contribution in [0.2, 0.25) is 5.02 Å². The van der Waals surface area contributed by atoms with Gasteiger partial charge in [0.05, 0.1) is 21.1 Å². The molecule has 0 saturated heterocycles. The van der Waals surface area contributed by atoms with Gasteiger partial charge in [-0.2, -0.15) is 0 Å². The number of hydrogen-bond donors (Lipinski definition) is 0. The van der Waals surface area contributed by atoms with Gasteiger partial charge in [-0.1, -0.05) is 17.7 Å². The minimum absolute atomic E-state index is 0.554. The molecule has 1 aromatic carbocycles. The van der Waals surface area contributed by atoms with Crippen LogP contribution in [-0.2, 0) is 19.4 Å². The maximum Gasteiger partial charge on any atom is 0.111 e.